The lowest BCUT2D eigenvalue weighted by Crippen LogP contribution is -2.00. The Labute approximate surface area is 112 Å². The lowest BCUT2D eigenvalue weighted by atomic mass is 9.98. The van der Waals surface area contributed by atoms with Gasteiger partial charge in [0.1, 0.15) is 5.82 Å². The molecule has 0 amide bonds. The van der Waals surface area contributed by atoms with Gasteiger partial charge in [0.05, 0.1) is 12.8 Å². The van der Waals surface area contributed by atoms with Gasteiger partial charge in [-0.05, 0) is 36.6 Å². The molecule has 0 spiro atoms. The minimum atomic E-state index is -0.383. The van der Waals surface area contributed by atoms with E-state index in [0.717, 1.165) is 16.8 Å². The molecule has 2 aromatic rings. The fourth-order valence-corrected chi connectivity index (χ4v) is 1.95. The van der Waals surface area contributed by atoms with Crippen molar-refractivity contribution in [2.45, 2.75) is 26.7 Å². The summed E-state index contributed by atoms with van der Waals surface area (Å²) in [4.78, 5) is 8.66. The maximum atomic E-state index is 13.8. The molecule has 0 saturated heterocycles. The molecule has 0 atom stereocenters. The molecule has 0 unspecified atom stereocenters. The van der Waals surface area contributed by atoms with Crippen molar-refractivity contribution in [1.82, 2.24) is 9.97 Å². The third kappa shape index (κ3) is 2.72. The van der Waals surface area contributed by atoms with Crippen molar-refractivity contribution in [3.63, 3.8) is 0 Å². The SMILES string of the molecule is COc1ccc(-c2nc(C)ncc2C(C)C)cc1F. The van der Waals surface area contributed by atoms with Gasteiger partial charge >= 0.3 is 0 Å². The minimum absolute atomic E-state index is 0.237. The van der Waals surface area contributed by atoms with Gasteiger partial charge in [-0.2, -0.15) is 0 Å². The lowest BCUT2D eigenvalue weighted by molar-refractivity contribution is 0.386. The predicted molar refractivity (Wildman–Crippen MR) is 72.8 cm³/mol. The highest BCUT2D eigenvalue weighted by Crippen LogP contribution is 2.29. The summed E-state index contributed by atoms with van der Waals surface area (Å²) in [5, 5.41) is 0. The van der Waals surface area contributed by atoms with E-state index in [1.807, 2.05) is 19.2 Å². The second-order valence-electron chi connectivity index (χ2n) is 4.73. The number of halogens is 1. The Kier molecular flexibility index (Phi) is 3.79. The van der Waals surface area contributed by atoms with E-state index in [-0.39, 0.29) is 17.5 Å². The molecule has 0 N–H and O–H groups in total. The molecule has 4 heteroatoms. The second kappa shape index (κ2) is 5.34. The highest BCUT2D eigenvalue weighted by molar-refractivity contribution is 5.64. The molecule has 0 fully saturated rings. The Morgan fingerprint density at radius 3 is 2.58 bits per heavy atom. The van der Waals surface area contributed by atoms with E-state index in [2.05, 4.69) is 23.8 Å². The van der Waals surface area contributed by atoms with Crippen LogP contribution in [-0.2, 0) is 0 Å². The quantitative estimate of drug-likeness (QED) is 0.843. The summed E-state index contributed by atoms with van der Waals surface area (Å²) in [7, 11) is 1.45. The zero-order valence-corrected chi connectivity index (χ0v) is 11.6. The number of benzene rings is 1. The van der Waals surface area contributed by atoms with Crippen molar-refractivity contribution in [1.29, 1.82) is 0 Å². The van der Waals surface area contributed by atoms with Gasteiger partial charge in [-0.15, -0.1) is 0 Å². The summed E-state index contributed by atoms with van der Waals surface area (Å²) in [5.74, 6) is 0.808. The zero-order chi connectivity index (χ0) is 14.0. The second-order valence-corrected chi connectivity index (χ2v) is 4.73. The third-order valence-electron chi connectivity index (χ3n) is 2.98. The maximum absolute atomic E-state index is 13.8. The average Bonchev–Trinajstić information content (AvgIpc) is 2.38. The molecule has 1 aromatic carbocycles. The van der Waals surface area contributed by atoms with Crippen LogP contribution in [0.15, 0.2) is 24.4 Å². The average molecular weight is 260 g/mol. The topological polar surface area (TPSA) is 35.0 Å². The van der Waals surface area contributed by atoms with Crippen molar-refractivity contribution < 1.29 is 9.13 Å². The largest absolute Gasteiger partial charge is 0.494 e. The van der Waals surface area contributed by atoms with E-state index in [1.165, 1.54) is 13.2 Å². The Morgan fingerprint density at radius 2 is 2.00 bits per heavy atom. The summed E-state index contributed by atoms with van der Waals surface area (Å²) in [6, 6.07) is 4.88. The van der Waals surface area contributed by atoms with Crippen LogP contribution in [0.5, 0.6) is 5.75 Å². The molecule has 0 saturated carbocycles. The van der Waals surface area contributed by atoms with E-state index in [0.29, 0.717) is 5.82 Å². The fourth-order valence-electron chi connectivity index (χ4n) is 1.95. The number of aromatic nitrogens is 2. The molecular formula is C15H17FN2O. The van der Waals surface area contributed by atoms with E-state index in [4.69, 9.17) is 4.74 Å². The molecule has 0 bridgehead atoms. The van der Waals surface area contributed by atoms with Gasteiger partial charge in [0.15, 0.2) is 11.6 Å². The zero-order valence-electron chi connectivity index (χ0n) is 11.6. The van der Waals surface area contributed by atoms with Crippen molar-refractivity contribution in [2.24, 2.45) is 0 Å². The number of hydrogen-bond acceptors (Lipinski definition) is 3. The highest BCUT2D eigenvalue weighted by Gasteiger charge is 2.13. The van der Waals surface area contributed by atoms with Gasteiger partial charge in [-0.3, -0.25) is 0 Å². The summed E-state index contributed by atoms with van der Waals surface area (Å²) in [6.45, 7) is 5.96. The number of rotatable bonds is 3. The van der Waals surface area contributed by atoms with Crippen LogP contribution in [0.4, 0.5) is 4.39 Å². The van der Waals surface area contributed by atoms with Crippen LogP contribution in [0.25, 0.3) is 11.3 Å². The molecule has 0 aliphatic rings. The third-order valence-corrected chi connectivity index (χ3v) is 2.98. The summed E-state index contributed by atoms with van der Waals surface area (Å²) < 4.78 is 18.7. The van der Waals surface area contributed by atoms with Crippen LogP contribution in [0.3, 0.4) is 0 Å². The molecule has 0 aliphatic carbocycles. The fraction of sp³-hybridized carbons (Fsp3) is 0.333. The first-order valence-corrected chi connectivity index (χ1v) is 6.20. The van der Waals surface area contributed by atoms with E-state index in [1.54, 1.807) is 6.07 Å². The van der Waals surface area contributed by atoms with Crippen LogP contribution in [0, 0.1) is 12.7 Å². The Balaban J connectivity index is 2.57. The number of methoxy groups -OCH3 is 1. The van der Waals surface area contributed by atoms with Gasteiger partial charge in [0, 0.05) is 11.8 Å². The molecule has 0 radical (unpaired) electrons. The van der Waals surface area contributed by atoms with E-state index in [9.17, 15) is 4.39 Å². The van der Waals surface area contributed by atoms with Gasteiger partial charge in [0.2, 0.25) is 0 Å². The molecule has 3 nitrogen and oxygen atoms in total. The highest BCUT2D eigenvalue weighted by atomic mass is 19.1. The Morgan fingerprint density at radius 1 is 1.26 bits per heavy atom. The first-order chi connectivity index (χ1) is 9.02. The Bertz CT molecular complexity index is 597. The van der Waals surface area contributed by atoms with Gasteiger partial charge in [-0.1, -0.05) is 13.8 Å². The molecule has 19 heavy (non-hydrogen) atoms. The predicted octanol–water partition coefficient (Wildman–Crippen LogP) is 3.72. The minimum Gasteiger partial charge on any atom is -0.494 e. The van der Waals surface area contributed by atoms with E-state index < -0.39 is 0 Å². The number of aryl methyl sites for hydroxylation is 1. The first kappa shape index (κ1) is 13.5. The normalized spacial score (nSPS) is 10.8. The van der Waals surface area contributed by atoms with Gasteiger partial charge < -0.3 is 4.74 Å². The van der Waals surface area contributed by atoms with Gasteiger partial charge in [-0.25, -0.2) is 14.4 Å². The smallest absolute Gasteiger partial charge is 0.165 e. The Hall–Kier alpha value is -1.97. The van der Waals surface area contributed by atoms with Crippen LogP contribution in [-0.4, -0.2) is 17.1 Å². The summed E-state index contributed by atoms with van der Waals surface area (Å²) >= 11 is 0. The van der Waals surface area contributed by atoms with Crippen molar-refractivity contribution in [2.75, 3.05) is 7.11 Å². The molecule has 2 rings (SSSR count). The van der Waals surface area contributed by atoms with Crippen molar-refractivity contribution in [3.05, 3.63) is 41.6 Å². The maximum Gasteiger partial charge on any atom is 0.165 e. The molecule has 0 aliphatic heterocycles. The van der Waals surface area contributed by atoms with E-state index >= 15 is 0 Å². The van der Waals surface area contributed by atoms with Gasteiger partial charge in [0.25, 0.3) is 0 Å². The van der Waals surface area contributed by atoms with Crippen molar-refractivity contribution >= 4 is 0 Å². The first-order valence-electron chi connectivity index (χ1n) is 6.20. The number of nitrogens with zero attached hydrogens (tertiary/aromatic N) is 2. The lowest BCUT2D eigenvalue weighted by Gasteiger charge is -2.12. The molecule has 1 aromatic heterocycles. The summed E-state index contributed by atoms with van der Waals surface area (Å²) in [5.41, 5.74) is 2.53. The number of hydrogen-bond donors (Lipinski definition) is 0. The van der Waals surface area contributed by atoms with Crippen LogP contribution >= 0.6 is 0 Å². The standard InChI is InChI=1S/C15H17FN2O/c1-9(2)12-8-17-10(3)18-15(12)11-5-6-14(19-4)13(16)7-11/h5-9H,1-4H3. The number of ether oxygens (including phenoxy) is 1. The van der Waals surface area contributed by atoms with Crippen molar-refractivity contribution in [3.8, 4) is 17.0 Å². The monoisotopic (exact) mass is 260 g/mol. The summed E-state index contributed by atoms with van der Waals surface area (Å²) in [6.07, 6.45) is 1.81. The molecule has 100 valence electrons. The molecule has 1 heterocycles. The van der Waals surface area contributed by atoms with Crippen LogP contribution in [0.2, 0.25) is 0 Å². The van der Waals surface area contributed by atoms with Crippen LogP contribution in [0.1, 0.15) is 31.2 Å². The molecular weight excluding hydrogens is 243 g/mol. The van der Waals surface area contributed by atoms with Crippen LogP contribution < -0.4 is 4.74 Å².